The summed E-state index contributed by atoms with van der Waals surface area (Å²) in [4.78, 5) is 89.6. The van der Waals surface area contributed by atoms with Crippen LogP contribution in [0.2, 0.25) is 0 Å². The maximum Gasteiger partial charge on any atom is 0.287 e. The lowest BCUT2D eigenvalue weighted by atomic mass is 9.82. The lowest BCUT2D eigenvalue weighted by Crippen LogP contribution is -2.62. The maximum atomic E-state index is 14.5. The third kappa shape index (κ3) is 9.13. The van der Waals surface area contributed by atoms with Gasteiger partial charge in [-0.2, -0.15) is 0 Å². The van der Waals surface area contributed by atoms with Gasteiger partial charge in [-0.15, -0.1) is 0 Å². The van der Waals surface area contributed by atoms with E-state index < -0.39 is 64.9 Å². The summed E-state index contributed by atoms with van der Waals surface area (Å²) >= 11 is 0. The summed E-state index contributed by atoms with van der Waals surface area (Å²) in [5.74, 6) is -3.94. The predicted molar refractivity (Wildman–Crippen MR) is 173 cm³/mol. The van der Waals surface area contributed by atoms with Gasteiger partial charge in [0, 0.05) is 18.9 Å². The molecular weight excluding hydrogens is 602 g/mol. The van der Waals surface area contributed by atoms with Crippen molar-refractivity contribution < 1.29 is 28.8 Å². The average Bonchev–Trinajstić information content (AvgIpc) is 3.74. The Balaban J connectivity index is 1.58. The van der Waals surface area contributed by atoms with E-state index in [0.717, 1.165) is 44.9 Å². The van der Waals surface area contributed by atoms with Gasteiger partial charge in [-0.25, -0.2) is 4.98 Å². The van der Waals surface area contributed by atoms with Gasteiger partial charge in [0.2, 0.25) is 23.5 Å². The van der Waals surface area contributed by atoms with Gasteiger partial charge in [-0.3, -0.25) is 33.8 Å². The van der Waals surface area contributed by atoms with Crippen molar-refractivity contribution in [1.82, 2.24) is 30.8 Å². The molecule has 3 fully saturated rings. The highest BCUT2D eigenvalue weighted by atomic mass is 16.2. The molecule has 0 aromatic carbocycles. The minimum Gasteiger partial charge on any atom is -0.363 e. The molecule has 3 aliphatic rings. The molecular formula is C34H51N7O6. The minimum absolute atomic E-state index is 0.0342. The second-order valence-corrected chi connectivity index (χ2v) is 14.9. The van der Waals surface area contributed by atoms with E-state index in [1.54, 1.807) is 0 Å². The molecule has 13 heteroatoms. The number of carbonyl (C=O) groups is 6. The molecule has 1 unspecified atom stereocenters. The van der Waals surface area contributed by atoms with Gasteiger partial charge >= 0.3 is 0 Å². The zero-order chi connectivity index (χ0) is 34.5. The molecule has 0 spiro atoms. The highest BCUT2D eigenvalue weighted by molar-refractivity contribution is 6.37. The third-order valence-corrected chi connectivity index (χ3v) is 9.88. The number of rotatable bonds is 13. The molecule has 2 aliphatic carbocycles. The Bertz CT molecular complexity index is 1320. The number of nitrogens with two attached hydrogens (primary N) is 1. The fourth-order valence-corrected chi connectivity index (χ4v) is 6.99. The Labute approximate surface area is 277 Å². The van der Waals surface area contributed by atoms with Crippen LogP contribution in [0.1, 0.15) is 103 Å². The molecule has 1 aromatic rings. The summed E-state index contributed by atoms with van der Waals surface area (Å²) in [6, 6.07) is -3.88. The molecule has 2 heterocycles. The number of primary amides is 1. The van der Waals surface area contributed by atoms with Crippen molar-refractivity contribution >= 4 is 35.3 Å². The molecule has 1 saturated heterocycles. The Morgan fingerprint density at radius 1 is 0.936 bits per heavy atom. The molecule has 0 radical (unpaired) electrons. The molecule has 2 saturated carbocycles. The van der Waals surface area contributed by atoms with E-state index in [2.05, 4.69) is 25.9 Å². The monoisotopic (exact) mass is 653 g/mol. The van der Waals surface area contributed by atoms with Crippen LogP contribution in [0.4, 0.5) is 0 Å². The largest absolute Gasteiger partial charge is 0.363 e. The van der Waals surface area contributed by atoms with Crippen molar-refractivity contribution in [3.05, 3.63) is 24.3 Å². The molecule has 0 bridgehead atoms. The van der Waals surface area contributed by atoms with E-state index in [9.17, 15) is 28.8 Å². The summed E-state index contributed by atoms with van der Waals surface area (Å²) in [5, 5.41) is 8.61. The molecule has 47 heavy (non-hydrogen) atoms. The minimum atomic E-state index is -1.11. The van der Waals surface area contributed by atoms with Gasteiger partial charge in [-0.05, 0) is 54.8 Å². The summed E-state index contributed by atoms with van der Waals surface area (Å²) < 4.78 is 0. The summed E-state index contributed by atoms with van der Waals surface area (Å²) in [6.45, 7) is 9.76. The summed E-state index contributed by atoms with van der Waals surface area (Å²) in [7, 11) is 0. The highest BCUT2D eigenvalue weighted by Gasteiger charge is 2.48. The average molecular weight is 654 g/mol. The standard InChI is InChI=1S/C34H51N7O6/c1-19(2)22-13-16-41(26(22)32(46)38-23(17-20-11-12-20)27(42)29(35)43)33(47)28(34(3,4)5)40-31(45)25(21-9-7-6-8-10-21)39-30(44)24-18-36-14-15-37-24/h14-15,18-23,25-26,28H,6-13,16-17H2,1-5H3,(H2,35,43)(H,38,46)(H,39,44)(H,40,45)/t22-,23?,25+,26+,28-/m1/s1. The number of nitrogens with one attached hydrogen (secondary N) is 3. The number of carbonyl (C=O) groups excluding carboxylic acids is 6. The molecule has 4 rings (SSSR count). The fourth-order valence-electron chi connectivity index (χ4n) is 6.99. The Morgan fingerprint density at radius 2 is 1.62 bits per heavy atom. The van der Waals surface area contributed by atoms with Crippen LogP contribution in [-0.2, 0) is 24.0 Å². The molecule has 1 aliphatic heterocycles. The van der Waals surface area contributed by atoms with Crippen molar-refractivity contribution in [3.8, 4) is 0 Å². The quantitative estimate of drug-likeness (QED) is 0.232. The fraction of sp³-hybridized carbons (Fsp3) is 0.706. The zero-order valence-electron chi connectivity index (χ0n) is 28.3. The topological polar surface area (TPSA) is 194 Å². The normalized spacial score (nSPS) is 22.2. The number of amides is 5. The predicted octanol–water partition coefficient (Wildman–Crippen LogP) is 1.90. The lowest BCUT2D eigenvalue weighted by molar-refractivity contribution is -0.146. The zero-order valence-corrected chi connectivity index (χ0v) is 28.3. The van der Waals surface area contributed by atoms with Crippen LogP contribution in [0.5, 0.6) is 0 Å². The van der Waals surface area contributed by atoms with Crippen LogP contribution in [0.3, 0.4) is 0 Å². The van der Waals surface area contributed by atoms with Crippen LogP contribution in [0.25, 0.3) is 0 Å². The first kappa shape index (κ1) is 35.9. The first-order valence-electron chi connectivity index (χ1n) is 17.0. The second-order valence-electron chi connectivity index (χ2n) is 14.9. The number of nitrogens with zero attached hydrogens (tertiary/aromatic N) is 3. The van der Waals surface area contributed by atoms with E-state index in [0.29, 0.717) is 12.8 Å². The lowest BCUT2D eigenvalue weighted by Gasteiger charge is -2.38. The molecule has 5 N–H and O–H groups in total. The molecule has 13 nitrogen and oxygen atoms in total. The third-order valence-electron chi connectivity index (χ3n) is 9.88. The number of hydrogen-bond acceptors (Lipinski definition) is 8. The van der Waals surface area contributed by atoms with Gasteiger partial charge < -0.3 is 26.6 Å². The van der Waals surface area contributed by atoms with Gasteiger partial charge in [-0.1, -0.05) is 66.7 Å². The van der Waals surface area contributed by atoms with Crippen molar-refractivity contribution in [1.29, 1.82) is 0 Å². The summed E-state index contributed by atoms with van der Waals surface area (Å²) in [5.41, 5.74) is 4.64. The van der Waals surface area contributed by atoms with Crippen LogP contribution >= 0.6 is 0 Å². The molecule has 5 amide bonds. The van der Waals surface area contributed by atoms with Crippen molar-refractivity contribution in [2.75, 3.05) is 6.54 Å². The smallest absolute Gasteiger partial charge is 0.287 e. The first-order valence-corrected chi connectivity index (χ1v) is 17.0. The van der Waals surface area contributed by atoms with E-state index in [1.165, 1.54) is 23.5 Å². The number of aromatic nitrogens is 2. The number of Topliss-reactive ketones (excluding diaryl/α,β-unsaturated/α-hetero) is 1. The Hall–Kier alpha value is -3.90. The van der Waals surface area contributed by atoms with E-state index >= 15 is 0 Å². The van der Waals surface area contributed by atoms with Crippen molar-refractivity contribution in [2.24, 2.45) is 34.8 Å². The summed E-state index contributed by atoms with van der Waals surface area (Å²) in [6.07, 6.45) is 11.3. The van der Waals surface area contributed by atoms with Crippen LogP contribution in [0.15, 0.2) is 18.6 Å². The number of ketones is 1. The number of hydrogen-bond donors (Lipinski definition) is 4. The van der Waals surface area contributed by atoms with Crippen molar-refractivity contribution in [3.63, 3.8) is 0 Å². The maximum absolute atomic E-state index is 14.5. The Kier molecular flexibility index (Phi) is 11.7. The second kappa shape index (κ2) is 15.3. The van der Waals surface area contributed by atoms with Crippen LogP contribution in [-0.4, -0.2) is 80.9 Å². The Morgan fingerprint density at radius 3 is 2.17 bits per heavy atom. The van der Waals surface area contributed by atoms with Crippen LogP contribution < -0.4 is 21.7 Å². The van der Waals surface area contributed by atoms with Gasteiger partial charge in [0.15, 0.2) is 0 Å². The molecule has 1 aromatic heterocycles. The highest BCUT2D eigenvalue weighted by Crippen LogP contribution is 2.36. The van der Waals surface area contributed by atoms with E-state index in [4.69, 9.17) is 5.73 Å². The van der Waals surface area contributed by atoms with Gasteiger partial charge in [0.1, 0.15) is 23.8 Å². The SMILES string of the molecule is CC(C)[C@H]1CCN(C(=O)[C@@H](NC(=O)[C@@H](NC(=O)c2cnccn2)C2CCCCC2)C(C)(C)C)[C@@H]1C(=O)NC(CC1CC1)C(=O)C(N)=O. The van der Waals surface area contributed by atoms with Crippen molar-refractivity contribution in [2.45, 2.75) is 117 Å². The molecule has 258 valence electrons. The molecule has 5 atom stereocenters. The first-order chi connectivity index (χ1) is 22.2. The van der Waals surface area contributed by atoms with Gasteiger partial charge in [0.05, 0.1) is 12.2 Å². The van der Waals surface area contributed by atoms with Crippen LogP contribution in [0, 0.1) is 29.1 Å². The number of likely N-dealkylation sites (tertiary alicyclic amines) is 1. The van der Waals surface area contributed by atoms with Gasteiger partial charge in [0.25, 0.3) is 11.8 Å². The van der Waals surface area contributed by atoms with E-state index in [1.807, 2.05) is 34.6 Å². The van der Waals surface area contributed by atoms with E-state index in [-0.39, 0.29) is 35.9 Å².